The minimum atomic E-state index is -0.109. The molecular weight excluding hydrogens is 254 g/mol. The lowest BCUT2D eigenvalue weighted by Gasteiger charge is -2.27. The highest BCUT2D eigenvalue weighted by molar-refractivity contribution is 5.79. The Kier molecular flexibility index (Phi) is 5.62. The normalized spacial score (nSPS) is 26.6. The van der Waals surface area contributed by atoms with E-state index in [0.717, 1.165) is 38.5 Å². The molecule has 0 radical (unpaired) electrons. The molecule has 0 aliphatic heterocycles. The third-order valence-electron chi connectivity index (χ3n) is 4.40. The Morgan fingerprint density at radius 2 is 2.00 bits per heavy atom. The van der Waals surface area contributed by atoms with Crippen LogP contribution in [-0.4, -0.2) is 25.0 Å². The minimum Gasteiger partial charge on any atom is -0.469 e. The average molecular weight is 279 g/mol. The number of carbonyl (C=O) groups is 2. The fraction of sp³-hybridized carbons (Fsp3) is 0.750. The van der Waals surface area contributed by atoms with Crippen LogP contribution in [0.5, 0.6) is 0 Å². The van der Waals surface area contributed by atoms with Gasteiger partial charge in [0.05, 0.1) is 13.0 Å². The summed E-state index contributed by atoms with van der Waals surface area (Å²) in [6, 6.07) is 0.229. The van der Waals surface area contributed by atoms with Gasteiger partial charge >= 0.3 is 5.97 Å². The molecule has 0 aromatic rings. The first-order valence-electron chi connectivity index (χ1n) is 7.74. The van der Waals surface area contributed by atoms with Crippen molar-refractivity contribution >= 4 is 11.9 Å². The van der Waals surface area contributed by atoms with Crippen LogP contribution >= 0.6 is 0 Å². The molecule has 2 aliphatic carbocycles. The Balaban J connectivity index is 1.70. The van der Waals surface area contributed by atoms with E-state index in [9.17, 15) is 9.59 Å². The van der Waals surface area contributed by atoms with Gasteiger partial charge in [-0.05, 0) is 51.4 Å². The maximum atomic E-state index is 12.0. The lowest BCUT2D eigenvalue weighted by molar-refractivity contribution is -0.146. The Bertz CT molecular complexity index is 381. The molecule has 112 valence electrons. The van der Waals surface area contributed by atoms with E-state index in [1.54, 1.807) is 0 Å². The number of esters is 1. The molecule has 1 N–H and O–H groups in total. The number of hydrogen-bond acceptors (Lipinski definition) is 3. The third kappa shape index (κ3) is 4.36. The molecule has 2 rings (SSSR count). The zero-order valence-electron chi connectivity index (χ0n) is 12.3. The van der Waals surface area contributed by atoms with Crippen molar-refractivity contribution < 1.29 is 14.3 Å². The van der Waals surface area contributed by atoms with E-state index in [1.165, 1.54) is 25.5 Å². The molecule has 0 bridgehead atoms. The van der Waals surface area contributed by atoms with Crippen molar-refractivity contribution in [2.45, 2.75) is 63.8 Å². The molecule has 0 heterocycles. The van der Waals surface area contributed by atoms with E-state index < -0.39 is 0 Å². The fourth-order valence-corrected chi connectivity index (χ4v) is 3.19. The van der Waals surface area contributed by atoms with Crippen LogP contribution in [0.15, 0.2) is 11.6 Å². The van der Waals surface area contributed by atoms with Crippen LogP contribution in [0.2, 0.25) is 0 Å². The summed E-state index contributed by atoms with van der Waals surface area (Å²) >= 11 is 0. The number of nitrogens with one attached hydrogen (secondary N) is 1. The van der Waals surface area contributed by atoms with Crippen LogP contribution < -0.4 is 5.32 Å². The van der Waals surface area contributed by atoms with Gasteiger partial charge < -0.3 is 10.1 Å². The van der Waals surface area contributed by atoms with Crippen molar-refractivity contribution in [3.05, 3.63) is 11.6 Å². The highest BCUT2D eigenvalue weighted by Gasteiger charge is 2.27. The van der Waals surface area contributed by atoms with Gasteiger partial charge in [0.25, 0.3) is 0 Å². The topological polar surface area (TPSA) is 55.4 Å². The van der Waals surface area contributed by atoms with Crippen LogP contribution in [0.4, 0.5) is 0 Å². The van der Waals surface area contributed by atoms with Gasteiger partial charge in [-0.15, -0.1) is 0 Å². The monoisotopic (exact) mass is 279 g/mol. The first-order valence-corrected chi connectivity index (χ1v) is 7.74. The predicted molar refractivity (Wildman–Crippen MR) is 77.1 cm³/mol. The van der Waals surface area contributed by atoms with E-state index in [1.807, 2.05) is 0 Å². The van der Waals surface area contributed by atoms with Crippen molar-refractivity contribution in [2.75, 3.05) is 7.11 Å². The Labute approximate surface area is 120 Å². The molecule has 0 unspecified atom stereocenters. The van der Waals surface area contributed by atoms with Gasteiger partial charge in [0, 0.05) is 12.5 Å². The number of hydrogen-bond donors (Lipinski definition) is 1. The second-order valence-corrected chi connectivity index (χ2v) is 5.92. The second-order valence-electron chi connectivity index (χ2n) is 5.92. The lowest BCUT2D eigenvalue weighted by atomic mass is 9.86. The first-order chi connectivity index (χ1) is 9.69. The number of ether oxygens (including phenoxy) is 1. The maximum Gasteiger partial charge on any atom is 0.308 e. The maximum absolute atomic E-state index is 12.0. The molecule has 0 saturated heterocycles. The van der Waals surface area contributed by atoms with Crippen LogP contribution in [0.3, 0.4) is 0 Å². The summed E-state index contributed by atoms with van der Waals surface area (Å²) in [6.45, 7) is 0. The van der Waals surface area contributed by atoms with Gasteiger partial charge in [0.15, 0.2) is 0 Å². The Morgan fingerprint density at radius 3 is 2.60 bits per heavy atom. The summed E-state index contributed by atoms with van der Waals surface area (Å²) in [4.78, 5) is 23.4. The molecule has 0 spiro atoms. The summed E-state index contributed by atoms with van der Waals surface area (Å²) in [5.74, 6) is 0.0519. The summed E-state index contributed by atoms with van der Waals surface area (Å²) in [5.41, 5.74) is 1.29. The van der Waals surface area contributed by atoms with Crippen LogP contribution in [0.25, 0.3) is 0 Å². The molecule has 0 aromatic heterocycles. The Morgan fingerprint density at radius 1 is 1.25 bits per heavy atom. The molecule has 2 aliphatic rings. The zero-order chi connectivity index (χ0) is 14.4. The lowest BCUT2D eigenvalue weighted by Crippen LogP contribution is -2.39. The molecule has 0 aromatic carbocycles. The molecular formula is C16H25NO3. The number of methoxy groups -OCH3 is 1. The van der Waals surface area contributed by atoms with Gasteiger partial charge in [0.2, 0.25) is 5.91 Å². The van der Waals surface area contributed by atoms with E-state index in [4.69, 9.17) is 4.74 Å². The summed E-state index contributed by atoms with van der Waals surface area (Å²) in [5, 5.41) is 3.11. The third-order valence-corrected chi connectivity index (χ3v) is 4.40. The smallest absolute Gasteiger partial charge is 0.308 e. The molecule has 1 fully saturated rings. The van der Waals surface area contributed by atoms with Crippen LogP contribution in [-0.2, 0) is 14.3 Å². The first kappa shape index (κ1) is 15.1. The van der Waals surface area contributed by atoms with E-state index in [2.05, 4.69) is 11.4 Å². The van der Waals surface area contributed by atoms with Crippen LogP contribution in [0, 0.1) is 5.92 Å². The molecule has 1 saturated carbocycles. The fourth-order valence-electron chi connectivity index (χ4n) is 3.19. The van der Waals surface area contributed by atoms with E-state index in [-0.39, 0.29) is 23.8 Å². The highest BCUT2D eigenvalue weighted by atomic mass is 16.5. The van der Waals surface area contributed by atoms with Crippen LogP contribution in [0.1, 0.15) is 57.8 Å². The standard InChI is InChI=1S/C16H25NO3/c1-20-16(19)13-7-9-14(10-8-13)17-15(18)11-12-5-3-2-4-6-12/h5,13-14H,2-4,6-11H2,1H3,(H,17,18). The second kappa shape index (κ2) is 7.46. The van der Waals surface area contributed by atoms with E-state index >= 15 is 0 Å². The molecule has 4 heteroatoms. The van der Waals surface area contributed by atoms with Crippen molar-refractivity contribution in [1.29, 1.82) is 0 Å². The number of allylic oxidation sites excluding steroid dienone is 1. The van der Waals surface area contributed by atoms with Crippen molar-refractivity contribution in [3.63, 3.8) is 0 Å². The summed E-state index contributed by atoms with van der Waals surface area (Å²) in [7, 11) is 1.44. The van der Waals surface area contributed by atoms with Gasteiger partial charge in [-0.3, -0.25) is 9.59 Å². The predicted octanol–water partition coefficient (Wildman–Crippen LogP) is 2.72. The van der Waals surface area contributed by atoms with E-state index in [0.29, 0.717) is 6.42 Å². The molecule has 1 amide bonds. The number of carbonyl (C=O) groups excluding carboxylic acids is 2. The van der Waals surface area contributed by atoms with Crippen molar-refractivity contribution in [1.82, 2.24) is 5.32 Å². The molecule has 4 nitrogen and oxygen atoms in total. The largest absolute Gasteiger partial charge is 0.469 e. The molecule has 20 heavy (non-hydrogen) atoms. The van der Waals surface area contributed by atoms with Gasteiger partial charge in [-0.2, -0.15) is 0 Å². The molecule has 0 atom stereocenters. The average Bonchev–Trinajstić information content (AvgIpc) is 2.48. The number of rotatable bonds is 4. The zero-order valence-corrected chi connectivity index (χ0v) is 12.3. The summed E-state index contributed by atoms with van der Waals surface area (Å²) in [6.07, 6.45) is 10.8. The van der Waals surface area contributed by atoms with Crippen molar-refractivity contribution in [2.24, 2.45) is 5.92 Å². The Hall–Kier alpha value is -1.32. The van der Waals surface area contributed by atoms with Gasteiger partial charge in [-0.1, -0.05) is 11.6 Å². The quantitative estimate of drug-likeness (QED) is 0.636. The van der Waals surface area contributed by atoms with Gasteiger partial charge in [0.1, 0.15) is 0 Å². The minimum absolute atomic E-state index is 0.0224. The van der Waals surface area contributed by atoms with Gasteiger partial charge in [-0.25, -0.2) is 0 Å². The highest BCUT2D eigenvalue weighted by Crippen LogP contribution is 2.26. The summed E-state index contributed by atoms with van der Waals surface area (Å²) < 4.78 is 4.77. The van der Waals surface area contributed by atoms with Crippen molar-refractivity contribution in [3.8, 4) is 0 Å². The number of amides is 1. The SMILES string of the molecule is COC(=O)C1CCC(NC(=O)CC2=CCCCC2)CC1.